The maximum absolute atomic E-state index is 5.56. The Balaban J connectivity index is 1.43. The predicted octanol–water partition coefficient (Wildman–Crippen LogP) is 2.93. The minimum Gasteiger partial charge on any atom is -0.379 e. The van der Waals surface area contributed by atoms with Gasteiger partial charge >= 0.3 is 0 Å². The Hall–Kier alpha value is -1.32. The fourth-order valence-electron chi connectivity index (χ4n) is 4.94. The lowest BCUT2D eigenvalue weighted by atomic mass is 9.96. The number of hydrogen-bond donors (Lipinski definition) is 1. The maximum atomic E-state index is 5.56. The minimum absolute atomic E-state index is 0.0432. The summed E-state index contributed by atoms with van der Waals surface area (Å²) in [6.07, 6.45) is 4.91. The summed E-state index contributed by atoms with van der Waals surface area (Å²) < 4.78 is 11.1. The molecule has 2 aromatic rings. The van der Waals surface area contributed by atoms with Crippen LogP contribution in [0.1, 0.15) is 43.0 Å². The molecule has 8 heteroatoms. The van der Waals surface area contributed by atoms with Crippen LogP contribution in [-0.4, -0.2) is 84.5 Å². The zero-order valence-electron chi connectivity index (χ0n) is 18.9. The smallest absolute Gasteiger partial charge is 0.146 e. The van der Waals surface area contributed by atoms with E-state index in [1.165, 1.54) is 35.1 Å². The second-order valence-corrected chi connectivity index (χ2v) is 10.6. The molecule has 1 aliphatic carbocycles. The highest BCUT2D eigenvalue weighted by Crippen LogP contribution is 2.39. The van der Waals surface area contributed by atoms with Crippen molar-refractivity contribution < 1.29 is 9.47 Å². The second kappa shape index (κ2) is 9.27. The van der Waals surface area contributed by atoms with Crippen LogP contribution >= 0.6 is 11.3 Å². The first kappa shape index (κ1) is 21.5. The molecular formula is C23H35N5O2S. The van der Waals surface area contributed by atoms with Crippen molar-refractivity contribution >= 4 is 27.4 Å². The molecule has 0 saturated carbocycles. The number of nitrogens with zero attached hydrogens (tertiary/aromatic N) is 4. The number of morpholine rings is 2. The van der Waals surface area contributed by atoms with Crippen LogP contribution in [-0.2, 0) is 28.9 Å². The predicted molar refractivity (Wildman–Crippen MR) is 125 cm³/mol. The van der Waals surface area contributed by atoms with Crippen LogP contribution in [0.25, 0.3) is 10.2 Å². The molecule has 4 heterocycles. The SMILES string of the molecule is CC(C)(CNc1nc(CN2CCOCC2)nc2sc3c(c12)CCCC3)N1CCOCC1. The van der Waals surface area contributed by atoms with Crippen LogP contribution < -0.4 is 5.32 Å². The molecule has 3 aliphatic rings. The number of thiophene rings is 1. The average molecular weight is 446 g/mol. The first-order valence-corrected chi connectivity index (χ1v) is 12.6. The molecule has 0 atom stereocenters. The Labute approximate surface area is 189 Å². The molecular weight excluding hydrogens is 410 g/mol. The monoisotopic (exact) mass is 445 g/mol. The van der Waals surface area contributed by atoms with E-state index in [2.05, 4.69) is 29.0 Å². The molecule has 0 unspecified atom stereocenters. The van der Waals surface area contributed by atoms with Gasteiger partial charge in [0.15, 0.2) is 0 Å². The average Bonchev–Trinajstić information content (AvgIpc) is 3.17. The summed E-state index contributed by atoms with van der Waals surface area (Å²) in [6, 6.07) is 0. The maximum Gasteiger partial charge on any atom is 0.146 e. The number of aromatic nitrogens is 2. The van der Waals surface area contributed by atoms with Gasteiger partial charge in [0.2, 0.25) is 0 Å². The van der Waals surface area contributed by atoms with E-state index in [-0.39, 0.29) is 5.54 Å². The molecule has 1 N–H and O–H groups in total. The van der Waals surface area contributed by atoms with Crippen molar-refractivity contribution in [1.82, 2.24) is 19.8 Å². The zero-order valence-corrected chi connectivity index (χ0v) is 19.7. The lowest BCUT2D eigenvalue weighted by molar-refractivity contribution is -0.00570. The summed E-state index contributed by atoms with van der Waals surface area (Å²) in [4.78, 5) is 17.7. The largest absolute Gasteiger partial charge is 0.379 e. The molecule has 31 heavy (non-hydrogen) atoms. The Morgan fingerprint density at radius 2 is 1.68 bits per heavy atom. The van der Waals surface area contributed by atoms with Crippen LogP contribution in [0.15, 0.2) is 0 Å². The molecule has 0 bridgehead atoms. The van der Waals surface area contributed by atoms with E-state index >= 15 is 0 Å². The van der Waals surface area contributed by atoms with Gasteiger partial charge in [-0.05, 0) is 45.1 Å². The molecule has 170 valence electrons. The molecule has 0 aromatic carbocycles. The molecule has 0 spiro atoms. The third kappa shape index (κ3) is 4.73. The van der Waals surface area contributed by atoms with Crippen molar-refractivity contribution in [2.75, 3.05) is 64.5 Å². The number of rotatable bonds is 6. The van der Waals surface area contributed by atoms with Crippen LogP contribution in [0.2, 0.25) is 0 Å². The van der Waals surface area contributed by atoms with Gasteiger partial charge < -0.3 is 14.8 Å². The molecule has 5 rings (SSSR count). The lowest BCUT2D eigenvalue weighted by Crippen LogP contribution is -2.53. The van der Waals surface area contributed by atoms with Gasteiger partial charge in [-0.25, -0.2) is 9.97 Å². The molecule has 7 nitrogen and oxygen atoms in total. The van der Waals surface area contributed by atoms with Crippen molar-refractivity contribution in [3.8, 4) is 0 Å². The summed E-state index contributed by atoms with van der Waals surface area (Å²) in [6.45, 7) is 13.4. The first-order chi connectivity index (χ1) is 15.1. The summed E-state index contributed by atoms with van der Waals surface area (Å²) in [5.74, 6) is 1.97. The highest BCUT2D eigenvalue weighted by Gasteiger charge is 2.29. The topological polar surface area (TPSA) is 62.8 Å². The van der Waals surface area contributed by atoms with E-state index in [4.69, 9.17) is 19.4 Å². The van der Waals surface area contributed by atoms with Crippen molar-refractivity contribution in [3.05, 3.63) is 16.3 Å². The van der Waals surface area contributed by atoms with E-state index in [0.29, 0.717) is 0 Å². The number of anilines is 1. The quantitative estimate of drug-likeness (QED) is 0.733. The molecule has 0 amide bonds. The van der Waals surface area contributed by atoms with E-state index < -0.39 is 0 Å². The van der Waals surface area contributed by atoms with Gasteiger partial charge in [-0.1, -0.05) is 0 Å². The molecule has 2 fully saturated rings. The van der Waals surface area contributed by atoms with Crippen LogP contribution in [0.3, 0.4) is 0 Å². The Kier molecular flexibility index (Phi) is 6.44. The summed E-state index contributed by atoms with van der Waals surface area (Å²) >= 11 is 1.89. The van der Waals surface area contributed by atoms with Crippen molar-refractivity contribution in [2.24, 2.45) is 0 Å². The van der Waals surface area contributed by atoms with E-state index in [0.717, 1.165) is 88.6 Å². The van der Waals surface area contributed by atoms with Crippen LogP contribution in [0.4, 0.5) is 5.82 Å². The van der Waals surface area contributed by atoms with E-state index in [1.807, 2.05) is 11.3 Å². The summed E-state index contributed by atoms with van der Waals surface area (Å²) in [7, 11) is 0. The van der Waals surface area contributed by atoms with Crippen LogP contribution in [0.5, 0.6) is 0 Å². The lowest BCUT2D eigenvalue weighted by Gasteiger charge is -2.41. The first-order valence-electron chi connectivity index (χ1n) is 11.8. The zero-order chi connectivity index (χ0) is 21.3. The fourth-order valence-corrected chi connectivity index (χ4v) is 6.22. The van der Waals surface area contributed by atoms with Gasteiger partial charge in [0.25, 0.3) is 0 Å². The van der Waals surface area contributed by atoms with E-state index in [9.17, 15) is 0 Å². The normalized spacial score (nSPS) is 21.4. The van der Waals surface area contributed by atoms with Crippen molar-refractivity contribution in [2.45, 2.75) is 51.6 Å². The van der Waals surface area contributed by atoms with E-state index in [1.54, 1.807) is 0 Å². The van der Waals surface area contributed by atoms with Crippen LogP contribution in [0, 0.1) is 0 Å². The molecule has 2 aliphatic heterocycles. The Bertz CT molecular complexity index is 903. The highest BCUT2D eigenvalue weighted by atomic mass is 32.1. The van der Waals surface area contributed by atoms with Gasteiger partial charge in [-0.15, -0.1) is 11.3 Å². The van der Waals surface area contributed by atoms with Crippen molar-refractivity contribution in [1.29, 1.82) is 0 Å². The molecule has 2 aromatic heterocycles. The highest BCUT2D eigenvalue weighted by molar-refractivity contribution is 7.19. The third-order valence-electron chi connectivity index (χ3n) is 6.89. The number of aryl methyl sites for hydroxylation is 2. The van der Waals surface area contributed by atoms with Gasteiger partial charge in [0.1, 0.15) is 16.5 Å². The number of fused-ring (bicyclic) bond motifs is 3. The molecule has 0 radical (unpaired) electrons. The second-order valence-electron chi connectivity index (χ2n) is 9.53. The van der Waals surface area contributed by atoms with Gasteiger partial charge in [0.05, 0.1) is 38.4 Å². The Morgan fingerprint density at radius 3 is 2.45 bits per heavy atom. The fraction of sp³-hybridized carbons (Fsp3) is 0.739. The van der Waals surface area contributed by atoms with Gasteiger partial charge in [-0.3, -0.25) is 9.80 Å². The molecule has 2 saturated heterocycles. The van der Waals surface area contributed by atoms with Crippen molar-refractivity contribution in [3.63, 3.8) is 0 Å². The van der Waals surface area contributed by atoms with Gasteiger partial charge in [0, 0.05) is 43.1 Å². The standard InChI is InChI=1S/C23H35N5O2S/c1-23(2,28-9-13-30-14-10-28)16-24-21-20-17-5-3-4-6-18(17)31-22(20)26-19(25-21)15-27-7-11-29-12-8-27/h3-16H2,1-2H3,(H,24,25,26). The number of ether oxygens (including phenoxy) is 2. The number of nitrogens with one attached hydrogen (secondary N) is 1. The summed E-state index contributed by atoms with van der Waals surface area (Å²) in [5, 5.41) is 5.05. The summed E-state index contributed by atoms with van der Waals surface area (Å²) in [5.41, 5.74) is 1.54. The number of hydrogen-bond acceptors (Lipinski definition) is 8. The Morgan fingerprint density at radius 1 is 0.968 bits per heavy atom. The van der Waals surface area contributed by atoms with Gasteiger partial charge in [-0.2, -0.15) is 0 Å². The minimum atomic E-state index is 0.0432. The third-order valence-corrected chi connectivity index (χ3v) is 8.07.